The van der Waals surface area contributed by atoms with Gasteiger partial charge in [-0.1, -0.05) is 18.2 Å². The van der Waals surface area contributed by atoms with Crippen LogP contribution < -0.4 is 4.90 Å². The topological polar surface area (TPSA) is 44.1 Å². The lowest BCUT2D eigenvalue weighted by Crippen LogP contribution is -2.35. The average Bonchev–Trinajstić information content (AvgIpc) is 2.43. The third-order valence-corrected chi connectivity index (χ3v) is 3.07. The fourth-order valence-electron chi connectivity index (χ4n) is 2.16. The minimum Gasteiger partial charge on any atom is -0.314 e. The molecule has 1 amide bonds. The maximum Gasteiger partial charge on any atom is 0.238 e. The molecule has 1 aromatic rings. The van der Waals surface area contributed by atoms with Crippen LogP contribution in [-0.2, 0) is 10.2 Å². The third kappa shape index (κ3) is 1.15. The highest BCUT2D eigenvalue weighted by atomic mass is 16.2. The van der Waals surface area contributed by atoms with Gasteiger partial charge in [0.15, 0.2) is 0 Å². The van der Waals surface area contributed by atoms with Crippen molar-refractivity contribution in [1.82, 2.24) is 0 Å². The zero-order valence-electron chi connectivity index (χ0n) is 8.82. The second-order valence-electron chi connectivity index (χ2n) is 4.05. The number of amides is 1. The molecule has 3 heteroatoms. The summed E-state index contributed by atoms with van der Waals surface area (Å²) in [7, 11) is 1.75. The monoisotopic (exact) mass is 200 g/mol. The number of fused-ring (bicyclic) bond motifs is 1. The molecule has 1 aliphatic rings. The van der Waals surface area contributed by atoms with Gasteiger partial charge in [0, 0.05) is 12.7 Å². The molecular weight excluding hydrogens is 188 g/mol. The molecule has 0 fully saturated rings. The van der Waals surface area contributed by atoms with Gasteiger partial charge in [0.25, 0.3) is 0 Å². The van der Waals surface area contributed by atoms with Crippen LogP contribution in [0.4, 0.5) is 5.69 Å². The van der Waals surface area contributed by atoms with Crippen molar-refractivity contribution in [2.24, 2.45) is 0 Å². The van der Waals surface area contributed by atoms with Gasteiger partial charge in [-0.25, -0.2) is 0 Å². The molecular formula is C12H12N2O. The summed E-state index contributed by atoms with van der Waals surface area (Å²) < 4.78 is 0. The van der Waals surface area contributed by atoms with Gasteiger partial charge in [0.2, 0.25) is 5.91 Å². The van der Waals surface area contributed by atoms with E-state index in [2.05, 4.69) is 6.07 Å². The summed E-state index contributed by atoms with van der Waals surface area (Å²) in [4.78, 5) is 13.7. The fourth-order valence-corrected chi connectivity index (χ4v) is 2.16. The predicted octanol–water partition coefficient (Wildman–Crippen LogP) is 1.83. The van der Waals surface area contributed by atoms with Crippen molar-refractivity contribution in [2.45, 2.75) is 18.8 Å². The van der Waals surface area contributed by atoms with E-state index >= 15 is 0 Å². The first-order chi connectivity index (χ1) is 7.11. The Labute approximate surface area is 88.9 Å². The molecule has 2 rings (SSSR count). The summed E-state index contributed by atoms with van der Waals surface area (Å²) in [5.74, 6) is 0.00486. The van der Waals surface area contributed by atoms with Crippen LogP contribution in [0.25, 0.3) is 0 Å². The van der Waals surface area contributed by atoms with Crippen LogP contribution in [0.2, 0.25) is 0 Å². The Morgan fingerprint density at radius 3 is 2.80 bits per heavy atom. The van der Waals surface area contributed by atoms with E-state index in [9.17, 15) is 4.79 Å². The second-order valence-corrected chi connectivity index (χ2v) is 4.05. The average molecular weight is 200 g/mol. The van der Waals surface area contributed by atoms with Crippen molar-refractivity contribution in [3.63, 3.8) is 0 Å². The van der Waals surface area contributed by atoms with Gasteiger partial charge >= 0.3 is 0 Å². The molecule has 1 unspecified atom stereocenters. The third-order valence-electron chi connectivity index (χ3n) is 3.07. The number of nitriles is 1. The lowest BCUT2D eigenvalue weighted by molar-refractivity contribution is -0.122. The number of hydrogen-bond donors (Lipinski definition) is 0. The summed E-state index contributed by atoms with van der Waals surface area (Å²) in [5.41, 5.74) is 1.21. The Kier molecular flexibility index (Phi) is 2.01. The van der Waals surface area contributed by atoms with Gasteiger partial charge in [-0.2, -0.15) is 5.26 Å². The molecule has 3 nitrogen and oxygen atoms in total. The summed E-state index contributed by atoms with van der Waals surface area (Å²) in [6.45, 7) is 1.83. The van der Waals surface area contributed by atoms with Crippen LogP contribution in [0.15, 0.2) is 24.3 Å². The number of para-hydroxylation sites is 1. The van der Waals surface area contributed by atoms with Gasteiger partial charge in [-0.15, -0.1) is 0 Å². The largest absolute Gasteiger partial charge is 0.314 e. The van der Waals surface area contributed by atoms with Crippen LogP contribution in [-0.4, -0.2) is 13.0 Å². The number of rotatable bonds is 1. The molecule has 0 aromatic heterocycles. The highest BCUT2D eigenvalue weighted by Gasteiger charge is 2.45. The number of carbonyl (C=O) groups excluding carboxylic acids is 1. The first-order valence-corrected chi connectivity index (χ1v) is 4.86. The molecule has 1 heterocycles. The molecule has 1 atom stereocenters. The number of nitrogens with zero attached hydrogens (tertiary/aromatic N) is 2. The van der Waals surface area contributed by atoms with Gasteiger partial charge in [-0.3, -0.25) is 4.79 Å². The van der Waals surface area contributed by atoms with Crippen LogP contribution in [0, 0.1) is 11.3 Å². The normalized spacial score (nSPS) is 23.8. The van der Waals surface area contributed by atoms with Crippen molar-refractivity contribution < 1.29 is 4.79 Å². The predicted molar refractivity (Wildman–Crippen MR) is 57.4 cm³/mol. The van der Waals surface area contributed by atoms with E-state index in [1.807, 2.05) is 31.2 Å². The Bertz CT molecular complexity index is 461. The zero-order valence-corrected chi connectivity index (χ0v) is 8.82. The Balaban J connectivity index is 2.62. The fraction of sp³-hybridized carbons (Fsp3) is 0.333. The number of hydrogen-bond acceptors (Lipinski definition) is 2. The molecule has 0 saturated heterocycles. The molecule has 0 radical (unpaired) electrons. The standard InChI is InChI=1S/C12H12N2O/c1-12(7-8-13)9-5-3-4-6-10(9)14(2)11(12)15/h3-6H,7H2,1-2H3. The highest BCUT2D eigenvalue weighted by molar-refractivity contribution is 6.07. The Morgan fingerprint density at radius 1 is 1.47 bits per heavy atom. The second kappa shape index (κ2) is 3.09. The molecule has 1 aromatic carbocycles. The molecule has 0 spiro atoms. The molecule has 0 saturated carbocycles. The molecule has 76 valence electrons. The van der Waals surface area contributed by atoms with E-state index in [0.29, 0.717) is 0 Å². The number of carbonyl (C=O) groups is 1. The minimum atomic E-state index is -0.667. The molecule has 15 heavy (non-hydrogen) atoms. The van der Waals surface area contributed by atoms with Crippen LogP contribution in [0.3, 0.4) is 0 Å². The Morgan fingerprint density at radius 2 is 2.13 bits per heavy atom. The maximum absolute atomic E-state index is 12.0. The molecule has 0 N–H and O–H groups in total. The smallest absolute Gasteiger partial charge is 0.238 e. The number of benzene rings is 1. The van der Waals surface area contributed by atoms with E-state index in [-0.39, 0.29) is 12.3 Å². The van der Waals surface area contributed by atoms with E-state index in [1.54, 1.807) is 11.9 Å². The molecule has 0 bridgehead atoms. The van der Waals surface area contributed by atoms with Crippen molar-refractivity contribution in [2.75, 3.05) is 11.9 Å². The quantitative estimate of drug-likeness (QED) is 0.694. The lowest BCUT2D eigenvalue weighted by atomic mass is 9.81. The number of likely N-dealkylation sites (N-methyl/N-ethyl adjacent to an activating group) is 1. The zero-order chi connectivity index (χ0) is 11.1. The molecule has 0 aliphatic carbocycles. The van der Waals surface area contributed by atoms with Crippen LogP contribution in [0.5, 0.6) is 0 Å². The summed E-state index contributed by atoms with van der Waals surface area (Å²) in [6.07, 6.45) is 0.229. The molecule has 1 aliphatic heterocycles. The summed E-state index contributed by atoms with van der Waals surface area (Å²) >= 11 is 0. The van der Waals surface area contributed by atoms with Crippen molar-refractivity contribution >= 4 is 11.6 Å². The van der Waals surface area contributed by atoms with Crippen LogP contribution in [0.1, 0.15) is 18.9 Å². The first kappa shape index (κ1) is 9.72. The van der Waals surface area contributed by atoms with Crippen molar-refractivity contribution in [1.29, 1.82) is 5.26 Å². The van der Waals surface area contributed by atoms with Gasteiger partial charge < -0.3 is 4.90 Å². The first-order valence-electron chi connectivity index (χ1n) is 4.86. The van der Waals surface area contributed by atoms with Gasteiger partial charge in [0.05, 0.1) is 17.9 Å². The van der Waals surface area contributed by atoms with E-state index < -0.39 is 5.41 Å². The SMILES string of the molecule is CN1C(=O)C(C)(CC#N)c2ccccc21. The van der Waals surface area contributed by atoms with Gasteiger partial charge in [0.1, 0.15) is 0 Å². The van der Waals surface area contributed by atoms with Crippen molar-refractivity contribution in [3.05, 3.63) is 29.8 Å². The van der Waals surface area contributed by atoms with E-state index in [1.165, 1.54) is 0 Å². The van der Waals surface area contributed by atoms with E-state index in [4.69, 9.17) is 5.26 Å². The number of anilines is 1. The minimum absolute atomic E-state index is 0.00486. The van der Waals surface area contributed by atoms with Crippen LogP contribution >= 0.6 is 0 Å². The van der Waals surface area contributed by atoms with Crippen molar-refractivity contribution in [3.8, 4) is 6.07 Å². The summed E-state index contributed by atoms with van der Waals surface area (Å²) in [6, 6.07) is 9.74. The lowest BCUT2D eigenvalue weighted by Gasteiger charge is -2.19. The highest BCUT2D eigenvalue weighted by Crippen LogP contribution is 2.42. The Hall–Kier alpha value is -1.82. The maximum atomic E-state index is 12.0. The summed E-state index contributed by atoms with van der Waals surface area (Å²) in [5, 5.41) is 8.80. The van der Waals surface area contributed by atoms with E-state index in [0.717, 1.165) is 11.3 Å². The van der Waals surface area contributed by atoms with Gasteiger partial charge in [-0.05, 0) is 18.6 Å².